The van der Waals surface area contributed by atoms with Gasteiger partial charge in [0.25, 0.3) is 5.91 Å². The number of carbonyl (C=O) groups excluding carboxylic acids is 1. The molecular weight excluding hydrogens is 406 g/mol. The largest absolute Gasteiger partial charge is 0.507 e. The summed E-state index contributed by atoms with van der Waals surface area (Å²) in [5.74, 6) is -1.62. The summed E-state index contributed by atoms with van der Waals surface area (Å²) in [6.07, 6.45) is 2.54. The molecule has 0 aliphatic heterocycles. The van der Waals surface area contributed by atoms with Crippen molar-refractivity contribution < 1.29 is 19.8 Å². The monoisotopic (exact) mass is 431 g/mol. The fraction of sp³-hybridized carbons (Fsp3) is 0.240. The minimum atomic E-state index is -0.765. The van der Waals surface area contributed by atoms with Gasteiger partial charge in [-0.15, -0.1) is 0 Å². The third-order valence-corrected chi connectivity index (χ3v) is 5.78. The predicted octanol–water partition coefficient (Wildman–Crippen LogP) is 3.26. The molecule has 4 N–H and O–H groups in total. The molecule has 1 saturated carbocycles. The van der Waals surface area contributed by atoms with Crippen LogP contribution in [0.25, 0.3) is 0 Å². The number of amides is 1. The molecule has 0 spiro atoms. The first-order valence-electron chi connectivity index (χ1n) is 10.6. The Labute approximate surface area is 186 Å². The Morgan fingerprint density at radius 2 is 1.59 bits per heavy atom. The van der Waals surface area contributed by atoms with E-state index in [2.05, 4.69) is 15.6 Å². The summed E-state index contributed by atoms with van der Waals surface area (Å²) in [6.45, 7) is 0.392. The highest BCUT2D eigenvalue weighted by Gasteiger charge is 2.34. The number of aliphatic carboxylic acids is 1. The molecule has 1 fully saturated rings. The van der Waals surface area contributed by atoms with E-state index < -0.39 is 11.9 Å². The van der Waals surface area contributed by atoms with E-state index in [0.717, 1.165) is 11.1 Å². The SMILES string of the molecule is O=C(NC(c1ccccc1)c1ccccc1)c1cnc(CN[C@H]2C[C@H](C(=O)O)C2)cc1O. The molecule has 1 heterocycles. The number of hydrogen-bond acceptors (Lipinski definition) is 5. The molecule has 32 heavy (non-hydrogen) atoms. The highest BCUT2D eigenvalue weighted by Crippen LogP contribution is 2.28. The van der Waals surface area contributed by atoms with Crippen molar-refractivity contribution in [2.75, 3.05) is 0 Å². The third-order valence-electron chi connectivity index (χ3n) is 5.78. The van der Waals surface area contributed by atoms with Crippen molar-refractivity contribution in [2.45, 2.75) is 31.5 Å². The Hall–Kier alpha value is -3.71. The molecule has 7 heteroatoms. The molecule has 4 rings (SSSR count). The Balaban J connectivity index is 1.43. The normalized spacial score (nSPS) is 17.5. The first kappa shape index (κ1) is 21.5. The van der Waals surface area contributed by atoms with Gasteiger partial charge in [-0.3, -0.25) is 14.6 Å². The number of aromatic hydroxyl groups is 1. The first-order valence-corrected chi connectivity index (χ1v) is 10.6. The molecule has 3 aromatic rings. The van der Waals surface area contributed by atoms with E-state index in [1.807, 2.05) is 60.7 Å². The van der Waals surface area contributed by atoms with E-state index in [9.17, 15) is 14.7 Å². The molecule has 1 amide bonds. The van der Waals surface area contributed by atoms with Crippen molar-refractivity contribution in [2.24, 2.45) is 5.92 Å². The van der Waals surface area contributed by atoms with Gasteiger partial charge in [-0.1, -0.05) is 60.7 Å². The smallest absolute Gasteiger partial charge is 0.306 e. The van der Waals surface area contributed by atoms with Gasteiger partial charge < -0.3 is 20.8 Å². The summed E-state index contributed by atoms with van der Waals surface area (Å²) in [5.41, 5.74) is 2.54. The minimum Gasteiger partial charge on any atom is -0.507 e. The molecule has 2 aromatic carbocycles. The number of carboxylic acids is 1. The number of nitrogens with zero attached hydrogens (tertiary/aromatic N) is 1. The van der Waals surface area contributed by atoms with E-state index in [-0.39, 0.29) is 29.3 Å². The number of rotatable bonds is 8. The van der Waals surface area contributed by atoms with Crippen LogP contribution in [0.1, 0.15) is 46.1 Å². The number of carbonyl (C=O) groups is 2. The van der Waals surface area contributed by atoms with E-state index in [1.54, 1.807) is 0 Å². The van der Waals surface area contributed by atoms with Crippen LogP contribution in [0.15, 0.2) is 72.9 Å². The van der Waals surface area contributed by atoms with Gasteiger partial charge in [-0.2, -0.15) is 0 Å². The zero-order valence-electron chi connectivity index (χ0n) is 17.4. The zero-order valence-corrected chi connectivity index (χ0v) is 17.4. The highest BCUT2D eigenvalue weighted by molar-refractivity contribution is 5.97. The predicted molar refractivity (Wildman–Crippen MR) is 119 cm³/mol. The first-order chi connectivity index (χ1) is 15.5. The molecule has 0 bridgehead atoms. The van der Waals surface area contributed by atoms with Crippen LogP contribution in [0.2, 0.25) is 0 Å². The Bertz CT molecular complexity index is 1040. The number of nitrogens with one attached hydrogen (secondary N) is 2. The van der Waals surface area contributed by atoms with Crippen molar-refractivity contribution in [3.05, 3.63) is 95.3 Å². The van der Waals surface area contributed by atoms with Crippen LogP contribution in [-0.4, -0.2) is 33.1 Å². The number of pyridine rings is 1. The maximum atomic E-state index is 13.0. The molecule has 164 valence electrons. The van der Waals surface area contributed by atoms with Gasteiger partial charge >= 0.3 is 5.97 Å². The molecule has 7 nitrogen and oxygen atoms in total. The van der Waals surface area contributed by atoms with Crippen LogP contribution in [0.3, 0.4) is 0 Å². The lowest BCUT2D eigenvalue weighted by Gasteiger charge is -2.32. The maximum Gasteiger partial charge on any atom is 0.306 e. The van der Waals surface area contributed by atoms with Crippen LogP contribution >= 0.6 is 0 Å². The topological polar surface area (TPSA) is 112 Å². The highest BCUT2D eigenvalue weighted by atomic mass is 16.4. The third kappa shape index (κ3) is 4.95. The van der Waals surface area contributed by atoms with Gasteiger partial charge in [0.05, 0.1) is 23.2 Å². The zero-order chi connectivity index (χ0) is 22.5. The second-order valence-corrected chi connectivity index (χ2v) is 8.01. The van der Waals surface area contributed by atoms with Gasteiger partial charge in [0, 0.05) is 24.8 Å². The lowest BCUT2D eigenvalue weighted by Crippen LogP contribution is -2.43. The van der Waals surface area contributed by atoms with Crippen LogP contribution < -0.4 is 10.6 Å². The molecule has 1 aliphatic carbocycles. The van der Waals surface area contributed by atoms with Gasteiger partial charge in [-0.05, 0) is 24.0 Å². The van der Waals surface area contributed by atoms with Crippen molar-refractivity contribution in [3.63, 3.8) is 0 Å². The molecule has 0 saturated heterocycles. The standard InChI is InChI=1S/C25H25N3O4/c29-22-13-20(14-26-19-11-18(12-19)25(31)32)27-15-21(22)24(30)28-23(16-7-3-1-4-8-16)17-9-5-2-6-10-17/h1-10,13,15,18-19,23,26H,11-12,14H2,(H,27,29)(H,28,30)(H,31,32)/t18-,19-. The second-order valence-electron chi connectivity index (χ2n) is 8.01. The number of hydrogen-bond donors (Lipinski definition) is 4. The van der Waals surface area contributed by atoms with Crippen LogP contribution in [-0.2, 0) is 11.3 Å². The molecular formula is C25H25N3O4. The van der Waals surface area contributed by atoms with Crippen molar-refractivity contribution >= 4 is 11.9 Å². The lowest BCUT2D eigenvalue weighted by molar-refractivity contribution is -0.145. The molecule has 1 aliphatic rings. The maximum absolute atomic E-state index is 13.0. The fourth-order valence-electron chi connectivity index (χ4n) is 3.85. The van der Waals surface area contributed by atoms with Crippen molar-refractivity contribution in [1.29, 1.82) is 0 Å². The lowest BCUT2D eigenvalue weighted by atomic mass is 9.80. The van der Waals surface area contributed by atoms with Gasteiger partial charge in [0.1, 0.15) is 5.75 Å². The second kappa shape index (κ2) is 9.62. The Kier molecular flexibility index (Phi) is 6.47. The molecule has 0 unspecified atom stereocenters. The van der Waals surface area contributed by atoms with E-state index in [4.69, 9.17) is 5.11 Å². The average molecular weight is 431 g/mol. The minimum absolute atomic E-state index is 0.0974. The van der Waals surface area contributed by atoms with Crippen LogP contribution in [0, 0.1) is 5.92 Å². The summed E-state index contributed by atoms with van der Waals surface area (Å²) in [5, 5.41) is 25.6. The van der Waals surface area contributed by atoms with Gasteiger partial charge in [-0.25, -0.2) is 0 Å². The van der Waals surface area contributed by atoms with Crippen LogP contribution in [0.4, 0.5) is 0 Å². The number of benzene rings is 2. The Morgan fingerprint density at radius 3 is 2.12 bits per heavy atom. The molecule has 0 atom stereocenters. The van der Waals surface area contributed by atoms with E-state index >= 15 is 0 Å². The number of carboxylic acid groups (broad SMARTS) is 1. The van der Waals surface area contributed by atoms with E-state index in [1.165, 1.54) is 12.3 Å². The summed E-state index contributed by atoms with van der Waals surface area (Å²) < 4.78 is 0. The Morgan fingerprint density at radius 1 is 1.00 bits per heavy atom. The summed E-state index contributed by atoms with van der Waals surface area (Å²) in [7, 11) is 0. The van der Waals surface area contributed by atoms with E-state index in [0.29, 0.717) is 25.1 Å². The quantitative estimate of drug-likeness (QED) is 0.436. The fourth-order valence-corrected chi connectivity index (χ4v) is 3.85. The van der Waals surface area contributed by atoms with Crippen molar-refractivity contribution in [1.82, 2.24) is 15.6 Å². The summed E-state index contributed by atoms with van der Waals surface area (Å²) in [4.78, 5) is 28.2. The molecule has 1 aromatic heterocycles. The number of aromatic nitrogens is 1. The van der Waals surface area contributed by atoms with Gasteiger partial charge in [0.2, 0.25) is 0 Å². The van der Waals surface area contributed by atoms with Crippen LogP contribution in [0.5, 0.6) is 5.75 Å². The average Bonchev–Trinajstić information content (AvgIpc) is 2.77. The summed E-state index contributed by atoms with van der Waals surface area (Å²) in [6, 6.07) is 20.5. The summed E-state index contributed by atoms with van der Waals surface area (Å²) >= 11 is 0. The van der Waals surface area contributed by atoms with Crippen molar-refractivity contribution in [3.8, 4) is 5.75 Å². The molecule has 0 radical (unpaired) electrons. The van der Waals surface area contributed by atoms with Gasteiger partial charge in [0.15, 0.2) is 0 Å².